The monoisotopic (exact) mass is 369 g/mol. The maximum atomic E-state index is 11.1. The van der Waals surface area contributed by atoms with Gasteiger partial charge in [0.15, 0.2) is 5.69 Å². The van der Waals surface area contributed by atoms with Crippen molar-refractivity contribution in [3.63, 3.8) is 0 Å². The molecule has 0 spiro atoms. The van der Waals surface area contributed by atoms with Gasteiger partial charge in [0.1, 0.15) is 16.5 Å². The van der Waals surface area contributed by atoms with Gasteiger partial charge in [-0.2, -0.15) is 0 Å². The van der Waals surface area contributed by atoms with Gasteiger partial charge in [0, 0.05) is 11.4 Å². The van der Waals surface area contributed by atoms with Gasteiger partial charge in [-0.1, -0.05) is 30.3 Å². The Balaban J connectivity index is 1.72. The summed E-state index contributed by atoms with van der Waals surface area (Å²) in [7, 11) is 1.60. The Labute approximate surface area is 155 Å². The summed E-state index contributed by atoms with van der Waals surface area (Å²) in [5.41, 5.74) is 2.08. The Morgan fingerprint density at radius 3 is 2.69 bits per heavy atom. The molecule has 0 saturated heterocycles. The zero-order valence-electron chi connectivity index (χ0n) is 14.3. The molecule has 1 heterocycles. The van der Waals surface area contributed by atoms with Gasteiger partial charge in [0.25, 0.3) is 0 Å². The van der Waals surface area contributed by atoms with E-state index in [0.29, 0.717) is 23.1 Å². The van der Waals surface area contributed by atoms with Crippen LogP contribution in [0.1, 0.15) is 22.5 Å². The first-order valence-electron chi connectivity index (χ1n) is 8.21. The summed E-state index contributed by atoms with van der Waals surface area (Å²) in [5.74, 6) is 0.289. The Morgan fingerprint density at radius 1 is 1.19 bits per heavy atom. The number of hydrogen-bond donors (Lipinski definition) is 1. The molecule has 2 aromatic carbocycles. The Kier molecular flexibility index (Phi) is 5.86. The van der Waals surface area contributed by atoms with Crippen LogP contribution < -0.4 is 9.47 Å². The third kappa shape index (κ3) is 4.40. The number of hydrogen-bond acceptors (Lipinski definition) is 5. The third-order valence-electron chi connectivity index (χ3n) is 3.85. The van der Waals surface area contributed by atoms with Crippen molar-refractivity contribution in [1.29, 1.82) is 0 Å². The zero-order valence-corrected chi connectivity index (χ0v) is 15.2. The van der Waals surface area contributed by atoms with Crippen molar-refractivity contribution in [1.82, 2.24) is 4.98 Å². The van der Waals surface area contributed by atoms with Crippen LogP contribution in [0.3, 0.4) is 0 Å². The minimum Gasteiger partial charge on any atom is -0.497 e. The summed E-state index contributed by atoms with van der Waals surface area (Å²) >= 11 is 1.28. The molecule has 3 rings (SSSR count). The highest BCUT2D eigenvalue weighted by atomic mass is 32.1. The minimum absolute atomic E-state index is 0.0378. The van der Waals surface area contributed by atoms with Crippen molar-refractivity contribution in [3.05, 3.63) is 65.2 Å². The second-order valence-corrected chi connectivity index (χ2v) is 6.50. The molecule has 1 N–H and O–H groups in total. The van der Waals surface area contributed by atoms with Crippen molar-refractivity contribution in [2.45, 2.75) is 12.8 Å². The van der Waals surface area contributed by atoms with Crippen molar-refractivity contribution in [3.8, 4) is 22.1 Å². The van der Waals surface area contributed by atoms with Crippen molar-refractivity contribution in [2.75, 3.05) is 13.7 Å². The summed E-state index contributed by atoms with van der Waals surface area (Å²) in [6.07, 6.45) is 1.81. The number of carboxylic acid groups (broad SMARTS) is 1. The Bertz CT molecular complexity index is 877. The SMILES string of the molecule is COc1ccc(-c2nc(C(=O)O)cs2)c(OCCCc2ccccc2)c1. The second-order valence-electron chi connectivity index (χ2n) is 5.64. The first kappa shape index (κ1) is 17.9. The van der Waals surface area contributed by atoms with E-state index in [1.807, 2.05) is 30.3 Å². The van der Waals surface area contributed by atoms with Crippen LogP contribution in [0.15, 0.2) is 53.9 Å². The molecule has 0 fully saturated rings. The van der Waals surface area contributed by atoms with Gasteiger partial charge in [-0.15, -0.1) is 11.3 Å². The lowest BCUT2D eigenvalue weighted by Crippen LogP contribution is -2.01. The highest BCUT2D eigenvalue weighted by Gasteiger charge is 2.15. The Morgan fingerprint density at radius 2 is 2.00 bits per heavy atom. The standard InChI is InChI=1S/C20H19NO4S/c1-24-15-9-10-16(19-21-17(13-26-19)20(22)23)18(12-15)25-11-5-8-14-6-3-2-4-7-14/h2-4,6-7,9-10,12-13H,5,8,11H2,1H3,(H,22,23). The van der Waals surface area contributed by atoms with E-state index in [-0.39, 0.29) is 5.69 Å². The van der Waals surface area contributed by atoms with Gasteiger partial charge < -0.3 is 14.6 Å². The first-order valence-corrected chi connectivity index (χ1v) is 9.09. The van der Waals surface area contributed by atoms with Gasteiger partial charge in [-0.3, -0.25) is 0 Å². The molecule has 26 heavy (non-hydrogen) atoms. The van der Waals surface area contributed by atoms with Crippen molar-refractivity contribution < 1.29 is 19.4 Å². The predicted molar refractivity (Wildman–Crippen MR) is 101 cm³/mol. The quantitative estimate of drug-likeness (QED) is 0.591. The fourth-order valence-electron chi connectivity index (χ4n) is 2.52. The molecule has 0 amide bonds. The molecule has 6 heteroatoms. The van der Waals surface area contributed by atoms with Crippen LogP contribution in [0.4, 0.5) is 0 Å². The number of aryl methyl sites for hydroxylation is 1. The molecule has 0 bridgehead atoms. The molecule has 134 valence electrons. The molecule has 0 unspecified atom stereocenters. The van der Waals surface area contributed by atoms with Gasteiger partial charge in [-0.25, -0.2) is 9.78 Å². The van der Waals surface area contributed by atoms with Gasteiger partial charge in [0.2, 0.25) is 0 Å². The van der Waals surface area contributed by atoms with Crippen LogP contribution in [0.2, 0.25) is 0 Å². The summed E-state index contributed by atoms with van der Waals surface area (Å²) in [6.45, 7) is 0.548. The van der Waals surface area contributed by atoms with Gasteiger partial charge >= 0.3 is 5.97 Å². The molecule has 0 saturated carbocycles. The lowest BCUT2D eigenvalue weighted by atomic mass is 10.1. The highest BCUT2D eigenvalue weighted by Crippen LogP contribution is 2.35. The van der Waals surface area contributed by atoms with Crippen LogP contribution in [0.5, 0.6) is 11.5 Å². The summed E-state index contributed by atoms with van der Waals surface area (Å²) in [4.78, 5) is 15.2. The summed E-state index contributed by atoms with van der Waals surface area (Å²) in [6, 6.07) is 15.7. The molecule has 3 aromatic rings. The average Bonchev–Trinajstić information content (AvgIpc) is 3.16. The van der Waals surface area contributed by atoms with Crippen LogP contribution in [-0.4, -0.2) is 29.8 Å². The summed E-state index contributed by atoms with van der Waals surface area (Å²) < 4.78 is 11.2. The Hall–Kier alpha value is -2.86. The lowest BCUT2D eigenvalue weighted by molar-refractivity contribution is 0.0691. The van der Waals surface area contributed by atoms with Crippen LogP contribution in [0.25, 0.3) is 10.6 Å². The maximum absolute atomic E-state index is 11.1. The van der Waals surface area contributed by atoms with E-state index in [4.69, 9.17) is 14.6 Å². The lowest BCUT2D eigenvalue weighted by Gasteiger charge is -2.12. The van der Waals surface area contributed by atoms with E-state index in [1.54, 1.807) is 13.2 Å². The first-order chi connectivity index (χ1) is 12.7. The van der Waals surface area contributed by atoms with E-state index < -0.39 is 5.97 Å². The number of aromatic nitrogens is 1. The van der Waals surface area contributed by atoms with E-state index in [9.17, 15) is 4.79 Å². The average molecular weight is 369 g/mol. The molecular weight excluding hydrogens is 350 g/mol. The maximum Gasteiger partial charge on any atom is 0.355 e. The number of thiazole rings is 1. The number of ether oxygens (including phenoxy) is 2. The van der Waals surface area contributed by atoms with Gasteiger partial charge in [-0.05, 0) is 30.5 Å². The fraction of sp³-hybridized carbons (Fsp3) is 0.200. The van der Waals surface area contributed by atoms with E-state index in [2.05, 4.69) is 17.1 Å². The summed E-state index contributed by atoms with van der Waals surface area (Å²) in [5, 5.41) is 11.2. The molecular formula is C20H19NO4S. The van der Waals surface area contributed by atoms with E-state index in [1.165, 1.54) is 22.3 Å². The molecule has 0 aliphatic heterocycles. The van der Waals surface area contributed by atoms with E-state index >= 15 is 0 Å². The zero-order chi connectivity index (χ0) is 18.4. The van der Waals surface area contributed by atoms with Gasteiger partial charge in [0.05, 0.1) is 19.3 Å². The normalized spacial score (nSPS) is 10.5. The largest absolute Gasteiger partial charge is 0.497 e. The molecule has 0 radical (unpaired) electrons. The highest BCUT2D eigenvalue weighted by molar-refractivity contribution is 7.13. The van der Waals surface area contributed by atoms with Crippen molar-refractivity contribution >= 4 is 17.3 Å². The van der Waals surface area contributed by atoms with Crippen LogP contribution >= 0.6 is 11.3 Å². The topological polar surface area (TPSA) is 68.7 Å². The van der Waals surface area contributed by atoms with Crippen LogP contribution in [0, 0.1) is 0 Å². The number of carboxylic acids is 1. The number of aromatic carboxylic acids is 1. The molecule has 5 nitrogen and oxygen atoms in total. The second kappa shape index (κ2) is 8.49. The number of rotatable bonds is 8. The number of benzene rings is 2. The van der Waals surface area contributed by atoms with Crippen LogP contribution in [-0.2, 0) is 6.42 Å². The van der Waals surface area contributed by atoms with E-state index in [0.717, 1.165) is 18.4 Å². The minimum atomic E-state index is -1.04. The predicted octanol–water partition coefficient (Wildman–Crippen LogP) is 4.53. The fourth-order valence-corrected chi connectivity index (χ4v) is 3.35. The number of methoxy groups -OCH3 is 1. The molecule has 1 aromatic heterocycles. The molecule has 0 atom stereocenters. The van der Waals surface area contributed by atoms with Crippen molar-refractivity contribution in [2.24, 2.45) is 0 Å². The molecule has 0 aliphatic rings. The number of carbonyl (C=O) groups is 1. The number of nitrogens with zero attached hydrogens (tertiary/aromatic N) is 1. The third-order valence-corrected chi connectivity index (χ3v) is 4.73. The smallest absolute Gasteiger partial charge is 0.355 e. The molecule has 0 aliphatic carbocycles.